The van der Waals surface area contributed by atoms with Gasteiger partial charge < -0.3 is 10.2 Å². The van der Waals surface area contributed by atoms with Crippen LogP contribution in [-0.2, 0) is 6.54 Å². The van der Waals surface area contributed by atoms with Crippen LogP contribution in [0.5, 0.6) is 0 Å². The van der Waals surface area contributed by atoms with Gasteiger partial charge in [0.15, 0.2) is 5.96 Å². The van der Waals surface area contributed by atoms with Gasteiger partial charge in [-0.2, -0.15) is 0 Å². The summed E-state index contributed by atoms with van der Waals surface area (Å²) in [4.78, 5) is 10.7. The standard InChI is InChI=1S/C16H18N4.HI/c1-20-9-8-18-16(20)19-11-13-4-2-5-14(10-13)15-6-3-7-17-12-15;/h2-7,10,12H,8-9,11H2,1H3,(H,18,19);1H. The monoisotopic (exact) mass is 394 g/mol. The van der Waals surface area contributed by atoms with Crippen molar-refractivity contribution < 1.29 is 0 Å². The molecule has 2 aromatic rings. The first kappa shape index (κ1) is 15.8. The molecule has 0 amide bonds. The largest absolute Gasteiger partial charge is 0.352 e. The number of aliphatic imine (C=N–C) groups is 1. The predicted octanol–water partition coefficient (Wildman–Crippen LogP) is 2.76. The third-order valence-electron chi connectivity index (χ3n) is 3.43. The molecule has 4 nitrogen and oxygen atoms in total. The minimum absolute atomic E-state index is 0. The second-order valence-corrected chi connectivity index (χ2v) is 4.92. The Bertz CT molecular complexity index is 613. The lowest BCUT2D eigenvalue weighted by atomic mass is 10.0. The Morgan fingerprint density at radius 1 is 1.19 bits per heavy atom. The molecule has 2 heterocycles. The van der Waals surface area contributed by atoms with Crippen molar-refractivity contribution in [2.45, 2.75) is 6.54 Å². The first-order valence-corrected chi connectivity index (χ1v) is 6.82. The maximum absolute atomic E-state index is 4.43. The van der Waals surface area contributed by atoms with Crippen molar-refractivity contribution in [3.8, 4) is 11.1 Å². The number of guanidine groups is 1. The molecular formula is C16H19IN4. The van der Waals surface area contributed by atoms with Gasteiger partial charge in [-0.05, 0) is 28.8 Å². The van der Waals surface area contributed by atoms with Gasteiger partial charge in [0.05, 0.1) is 6.54 Å². The first-order chi connectivity index (χ1) is 9.83. The maximum atomic E-state index is 4.43. The molecule has 0 unspecified atom stereocenters. The van der Waals surface area contributed by atoms with E-state index < -0.39 is 0 Å². The van der Waals surface area contributed by atoms with E-state index in [1.54, 1.807) is 6.20 Å². The molecule has 1 aromatic carbocycles. The van der Waals surface area contributed by atoms with Crippen molar-refractivity contribution >= 4 is 29.9 Å². The third kappa shape index (κ3) is 3.93. The molecule has 1 aliphatic heterocycles. The van der Waals surface area contributed by atoms with Gasteiger partial charge in [0.2, 0.25) is 0 Å². The molecule has 3 rings (SSSR count). The van der Waals surface area contributed by atoms with E-state index in [0.717, 1.165) is 31.2 Å². The van der Waals surface area contributed by atoms with Gasteiger partial charge in [0.1, 0.15) is 0 Å². The number of aromatic nitrogens is 1. The molecule has 0 atom stereocenters. The molecule has 110 valence electrons. The van der Waals surface area contributed by atoms with Crippen LogP contribution in [0.3, 0.4) is 0 Å². The van der Waals surface area contributed by atoms with Crippen LogP contribution in [0.15, 0.2) is 53.8 Å². The van der Waals surface area contributed by atoms with E-state index in [4.69, 9.17) is 0 Å². The highest BCUT2D eigenvalue weighted by Gasteiger charge is 2.11. The van der Waals surface area contributed by atoms with Crippen molar-refractivity contribution in [3.63, 3.8) is 0 Å². The van der Waals surface area contributed by atoms with E-state index in [-0.39, 0.29) is 24.0 Å². The highest BCUT2D eigenvalue weighted by molar-refractivity contribution is 14.0. The van der Waals surface area contributed by atoms with Crippen molar-refractivity contribution in [1.82, 2.24) is 15.2 Å². The van der Waals surface area contributed by atoms with Crippen LogP contribution >= 0.6 is 24.0 Å². The van der Waals surface area contributed by atoms with Crippen LogP contribution in [0.2, 0.25) is 0 Å². The lowest BCUT2D eigenvalue weighted by Gasteiger charge is -2.15. The van der Waals surface area contributed by atoms with E-state index in [1.165, 1.54) is 11.1 Å². The summed E-state index contributed by atoms with van der Waals surface area (Å²) in [5.41, 5.74) is 3.58. The quantitative estimate of drug-likeness (QED) is 0.815. The predicted molar refractivity (Wildman–Crippen MR) is 96.9 cm³/mol. The smallest absolute Gasteiger partial charge is 0.194 e. The number of hydrogen-bond acceptors (Lipinski definition) is 4. The maximum Gasteiger partial charge on any atom is 0.194 e. The average molecular weight is 394 g/mol. The zero-order valence-corrected chi connectivity index (χ0v) is 14.3. The Balaban J connectivity index is 0.00000161. The molecule has 0 bridgehead atoms. The molecule has 1 aromatic heterocycles. The van der Waals surface area contributed by atoms with Gasteiger partial charge in [0.25, 0.3) is 0 Å². The lowest BCUT2D eigenvalue weighted by Crippen LogP contribution is -2.35. The van der Waals surface area contributed by atoms with E-state index in [2.05, 4.69) is 57.6 Å². The van der Waals surface area contributed by atoms with Gasteiger partial charge >= 0.3 is 0 Å². The van der Waals surface area contributed by atoms with Crippen LogP contribution < -0.4 is 5.32 Å². The normalized spacial score (nSPS) is 13.6. The highest BCUT2D eigenvalue weighted by Crippen LogP contribution is 2.19. The molecular weight excluding hydrogens is 375 g/mol. The summed E-state index contributed by atoms with van der Waals surface area (Å²) >= 11 is 0. The highest BCUT2D eigenvalue weighted by atomic mass is 127. The van der Waals surface area contributed by atoms with Crippen molar-refractivity contribution in [3.05, 3.63) is 54.4 Å². The fourth-order valence-corrected chi connectivity index (χ4v) is 2.30. The molecule has 0 saturated heterocycles. The Morgan fingerprint density at radius 2 is 2.05 bits per heavy atom. The Hall–Kier alpha value is -1.63. The molecule has 0 aliphatic carbocycles. The molecule has 1 aliphatic rings. The first-order valence-electron chi connectivity index (χ1n) is 6.82. The van der Waals surface area contributed by atoms with Gasteiger partial charge in [-0.3, -0.25) is 9.98 Å². The van der Waals surface area contributed by atoms with Crippen LogP contribution in [0.1, 0.15) is 5.56 Å². The molecule has 0 saturated carbocycles. The SMILES string of the molecule is CN1CCN=C1NCc1cccc(-c2cccnc2)c1.I. The summed E-state index contributed by atoms with van der Waals surface area (Å²) in [5.74, 6) is 0.983. The second kappa shape index (κ2) is 7.40. The van der Waals surface area contributed by atoms with Crippen LogP contribution in [0.25, 0.3) is 11.1 Å². The molecule has 0 fully saturated rings. The van der Waals surface area contributed by atoms with E-state index in [0.29, 0.717) is 0 Å². The van der Waals surface area contributed by atoms with E-state index in [9.17, 15) is 0 Å². The van der Waals surface area contributed by atoms with Gasteiger partial charge in [0, 0.05) is 32.5 Å². The summed E-state index contributed by atoms with van der Waals surface area (Å²) in [5, 5.41) is 3.39. The summed E-state index contributed by atoms with van der Waals surface area (Å²) in [7, 11) is 2.06. The summed E-state index contributed by atoms with van der Waals surface area (Å²) in [6.45, 7) is 2.67. The number of nitrogens with zero attached hydrogens (tertiary/aromatic N) is 3. The fourth-order valence-electron chi connectivity index (χ4n) is 2.30. The van der Waals surface area contributed by atoms with E-state index >= 15 is 0 Å². The van der Waals surface area contributed by atoms with Crippen LogP contribution in [0.4, 0.5) is 0 Å². The molecule has 21 heavy (non-hydrogen) atoms. The number of halogens is 1. The molecule has 0 spiro atoms. The number of hydrogen-bond donors (Lipinski definition) is 1. The van der Waals surface area contributed by atoms with Crippen LogP contribution in [-0.4, -0.2) is 36.0 Å². The summed E-state index contributed by atoms with van der Waals surface area (Å²) < 4.78 is 0. The fraction of sp³-hybridized carbons (Fsp3) is 0.250. The zero-order chi connectivity index (χ0) is 13.8. The Kier molecular flexibility index (Phi) is 5.55. The number of pyridine rings is 1. The summed E-state index contributed by atoms with van der Waals surface area (Å²) in [6, 6.07) is 12.6. The number of rotatable bonds is 3. The summed E-state index contributed by atoms with van der Waals surface area (Å²) in [6.07, 6.45) is 3.68. The lowest BCUT2D eigenvalue weighted by molar-refractivity contribution is 0.534. The number of benzene rings is 1. The van der Waals surface area contributed by atoms with Gasteiger partial charge in [-0.25, -0.2) is 0 Å². The molecule has 0 radical (unpaired) electrons. The average Bonchev–Trinajstić information content (AvgIpc) is 2.92. The Labute approximate surface area is 142 Å². The van der Waals surface area contributed by atoms with Gasteiger partial charge in [-0.15, -0.1) is 24.0 Å². The van der Waals surface area contributed by atoms with Crippen molar-refractivity contribution in [2.24, 2.45) is 4.99 Å². The van der Waals surface area contributed by atoms with Crippen molar-refractivity contribution in [1.29, 1.82) is 0 Å². The number of likely N-dealkylation sites (N-methyl/N-ethyl adjacent to an activating group) is 1. The zero-order valence-electron chi connectivity index (χ0n) is 12.0. The minimum Gasteiger partial charge on any atom is -0.352 e. The number of nitrogens with one attached hydrogen (secondary N) is 1. The van der Waals surface area contributed by atoms with Gasteiger partial charge in [-0.1, -0.05) is 24.3 Å². The minimum atomic E-state index is 0. The third-order valence-corrected chi connectivity index (χ3v) is 3.43. The topological polar surface area (TPSA) is 40.5 Å². The van der Waals surface area contributed by atoms with Crippen molar-refractivity contribution in [2.75, 3.05) is 20.1 Å². The Morgan fingerprint density at radius 3 is 2.76 bits per heavy atom. The second-order valence-electron chi connectivity index (χ2n) is 4.92. The molecule has 1 N–H and O–H groups in total. The molecule has 5 heteroatoms. The van der Waals surface area contributed by atoms with E-state index in [1.807, 2.05) is 12.3 Å². The van der Waals surface area contributed by atoms with Crippen LogP contribution in [0, 0.1) is 0 Å².